The highest BCUT2D eigenvalue weighted by Gasteiger charge is 2.06. The number of hydrogen-bond donors (Lipinski definition) is 0. The van der Waals surface area contributed by atoms with Gasteiger partial charge >= 0.3 is 0 Å². The van der Waals surface area contributed by atoms with E-state index in [1.807, 2.05) is 18.2 Å². The molecule has 0 unspecified atom stereocenters. The van der Waals surface area contributed by atoms with Crippen LogP contribution in [0.15, 0.2) is 23.1 Å². The molecule has 88 valence electrons. The van der Waals surface area contributed by atoms with Crippen molar-refractivity contribution >= 4 is 29.1 Å². The zero-order chi connectivity index (χ0) is 12.1. The van der Waals surface area contributed by atoms with E-state index in [4.69, 9.17) is 11.6 Å². The van der Waals surface area contributed by atoms with E-state index < -0.39 is 0 Å². The summed E-state index contributed by atoms with van der Waals surface area (Å²) < 4.78 is 0. The molecule has 1 aromatic carbocycles. The summed E-state index contributed by atoms with van der Waals surface area (Å²) in [5.74, 6) is 1.83. The number of hydrogen-bond acceptors (Lipinski definition) is 2. The van der Waals surface area contributed by atoms with E-state index in [1.54, 1.807) is 11.8 Å². The first-order chi connectivity index (χ1) is 7.50. The van der Waals surface area contributed by atoms with Crippen LogP contribution in [0.25, 0.3) is 0 Å². The minimum atomic E-state index is 0.0173. The van der Waals surface area contributed by atoms with Crippen LogP contribution >= 0.6 is 23.4 Å². The van der Waals surface area contributed by atoms with E-state index >= 15 is 0 Å². The van der Waals surface area contributed by atoms with Crippen LogP contribution in [0.2, 0.25) is 5.02 Å². The lowest BCUT2D eigenvalue weighted by atomic mass is 10.1. The molecule has 0 radical (unpaired) electrons. The molecule has 0 aliphatic heterocycles. The third kappa shape index (κ3) is 4.18. The number of rotatable bonds is 5. The lowest BCUT2D eigenvalue weighted by molar-refractivity contribution is 0.101. The van der Waals surface area contributed by atoms with E-state index in [-0.39, 0.29) is 5.78 Å². The van der Waals surface area contributed by atoms with Crippen molar-refractivity contribution in [3.63, 3.8) is 0 Å². The summed E-state index contributed by atoms with van der Waals surface area (Å²) in [7, 11) is 0. The highest BCUT2D eigenvalue weighted by molar-refractivity contribution is 7.99. The van der Waals surface area contributed by atoms with E-state index in [2.05, 4.69) is 13.8 Å². The maximum absolute atomic E-state index is 11.2. The summed E-state index contributed by atoms with van der Waals surface area (Å²) in [6, 6.07) is 5.65. The summed E-state index contributed by atoms with van der Waals surface area (Å²) in [4.78, 5) is 12.3. The Bertz CT molecular complexity index is 374. The minimum Gasteiger partial charge on any atom is -0.294 e. The molecule has 0 aliphatic carbocycles. The highest BCUT2D eigenvalue weighted by Crippen LogP contribution is 2.26. The topological polar surface area (TPSA) is 17.1 Å². The lowest BCUT2D eigenvalue weighted by Crippen LogP contribution is -1.93. The zero-order valence-corrected chi connectivity index (χ0v) is 11.5. The summed E-state index contributed by atoms with van der Waals surface area (Å²) in [6.45, 7) is 5.96. The summed E-state index contributed by atoms with van der Waals surface area (Å²) >= 11 is 7.82. The molecule has 0 aliphatic rings. The van der Waals surface area contributed by atoms with Crippen molar-refractivity contribution in [2.75, 3.05) is 5.75 Å². The number of Topliss-reactive ketones (excluding diaryl/α,β-unsaturated/α-hetero) is 1. The van der Waals surface area contributed by atoms with Gasteiger partial charge in [0.1, 0.15) is 0 Å². The van der Waals surface area contributed by atoms with Gasteiger partial charge in [-0.1, -0.05) is 25.4 Å². The first-order valence-corrected chi connectivity index (χ1v) is 6.80. The van der Waals surface area contributed by atoms with Gasteiger partial charge in [-0.25, -0.2) is 0 Å². The van der Waals surface area contributed by atoms with Crippen molar-refractivity contribution in [1.82, 2.24) is 0 Å². The smallest absolute Gasteiger partial charge is 0.161 e. The number of carbonyl (C=O) groups excluding carboxylic acids is 1. The van der Waals surface area contributed by atoms with Crippen LogP contribution in [-0.4, -0.2) is 11.5 Å². The molecule has 0 aromatic heterocycles. The van der Waals surface area contributed by atoms with Crippen LogP contribution < -0.4 is 0 Å². The normalized spacial score (nSPS) is 10.8. The van der Waals surface area contributed by atoms with Crippen molar-refractivity contribution < 1.29 is 4.79 Å². The van der Waals surface area contributed by atoms with Gasteiger partial charge in [0, 0.05) is 10.5 Å². The van der Waals surface area contributed by atoms with Gasteiger partial charge in [-0.05, 0) is 43.2 Å². The summed E-state index contributed by atoms with van der Waals surface area (Å²) in [6.07, 6.45) is 1.19. The molecule has 1 rings (SSSR count). The average Bonchev–Trinajstić information content (AvgIpc) is 2.16. The molecule has 0 bridgehead atoms. The summed E-state index contributed by atoms with van der Waals surface area (Å²) in [5, 5.41) is 0.557. The Labute approximate surface area is 107 Å². The van der Waals surface area contributed by atoms with Crippen LogP contribution in [0.1, 0.15) is 37.6 Å². The van der Waals surface area contributed by atoms with Crippen molar-refractivity contribution in [2.45, 2.75) is 32.1 Å². The predicted molar refractivity (Wildman–Crippen MR) is 71.6 cm³/mol. The van der Waals surface area contributed by atoms with Gasteiger partial charge in [0.2, 0.25) is 0 Å². The third-order valence-corrected chi connectivity index (χ3v) is 3.62. The fraction of sp³-hybridized carbons (Fsp3) is 0.462. The zero-order valence-electron chi connectivity index (χ0n) is 9.92. The quantitative estimate of drug-likeness (QED) is 0.562. The Morgan fingerprint density at radius 1 is 1.44 bits per heavy atom. The van der Waals surface area contributed by atoms with Crippen LogP contribution in [0.3, 0.4) is 0 Å². The molecule has 1 aromatic rings. The van der Waals surface area contributed by atoms with Crippen LogP contribution in [-0.2, 0) is 0 Å². The molecule has 0 atom stereocenters. The second-order valence-corrected chi connectivity index (χ2v) is 5.80. The molecule has 0 fully saturated rings. The number of benzene rings is 1. The maximum Gasteiger partial charge on any atom is 0.161 e. The van der Waals surface area contributed by atoms with Gasteiger partial charge in [-0.2, -0.15) is 0 Å². The first-order valence-electron chi connectivity index (χ1n) is 5.44. The van der Waals surface area contributed by atoms with Gasteiger partial charge in [0.05, 0.1) is 5.02 Å². The number of carbonyl (C=O) groups is 1. The molecule has 1 nitrogen and oxygen atoms in total. The first kappa shape index (κ1) is 13.6. The molecule has 0 amide bonds. The second kappa shape index (κ2) is 6.31. The molecule has 0 saturated heterocycles. The van der Waals surface area contributed by atoms with Gasteiger partial charge in [0.25, 0.3) is 0 Å². The molecular formula is C13H17ClOS. The Kier molecular flexibility index (Phi) is 5.36. The summed E-state index contributed by atoms with van der Waals surface area (Å²) in [5.41, 5.74) is 0.606. The molecule has 3 heteroatoms. The Balaban J connectivity index is 2.63. The molecular weight excluding hydrogens is 240 g/mol. The van der Waals surface area contributed by atoms with Gasteiger partial charge in [-0.15, -0.1) is 11.8 Å². The van der Waals surface area contributed by atoms with Crippen LogP contribution in [0.5, 0.6) is 0 Å². The van der Waals surface area contributed by atoms with Crippen molar-refractivity contribution in [3.05, 3.63) is 28.8 Å². The van der Waals surface area contributed by atoms with Gasteiger partial charge < -0.3 is 0 Å². The molecule has 0 spiro atoms. The number of thioether (sulfide) groups is 1. The molecule has 0 saturated carbocycles. The minimum absolute atomic E-state index is 0.0173. The maximum atomic E-state index is 11.2. The number of halogens is 1. The largest absolute Gasteiger partial charge is 0.294 e. The lowest BCUT2D eigenvalue weighted by Gasteiger charge is -2.06. The fourth-order valence-electron chi connectivity index (χ4n) is 1.28. The van der Waals surface area contributed by atoms with Crippen LogP contribution in [0, 0.1) is 5.92 Å². The third-order valence-electron chi connectivity index (χ3n) is 2.28. The van der Waals surface area contributed by atoms with E-state index in [9.17, 15) is 4.79 Å². The second-order valence-electron chi connectivity index (χ2n) is 4.23. The van der Waals surface area contributed by atoms with Crippen molar-refractivity contribution in [2.24, 2.45) is 5.92 Å². The Hall–Kier alpha value is -0.470. The molecule has 16 heavy (non-hydrogen) atoms. The van der Waals surface area contributed by atoms with Crippen molar-refractivity contribution in [1.29, 1.82) is 0 Å². The predicted octanol–water partition coefficient (Wildman–Crippen LogP) is 4.68. The van der Waals surface area contributed by atoms with Gasteiger partial charge in [-0.3, -0.25) is 4.79 Å². The van der Waals surface area contributed by atoms with E-state index in [1.165, 1.54) is 13.3 Å². The number of ketones is 1. The van der Waals surface area contributed by atoms with Crippen LogP contribution in [0.4, 0.5) is 0 Å². The van der Waals surface area contributed by atoms with Gasteiger partial charge in [0.15, 0.2) is 5.78 Å². The fourth-order valence-corrected chi connectivity index (χ4v) is 2.85. The SMILES string of the molecule is CC(=O)c1ccc(SCCC(C)C)cc1Cl. The standard InChI is InChI=1S/C13H17ClOS/c1-9(2)6-7-16-11-4-5-12(10(3)15)13(14)8-11/h4-5,8-9H,6-7H2,1-3H3. The highest BCUT2D eigenvalue weighted by atomic mass is 35.5. The van der Waals surface area contributed by atoms with E-state index in [0.717, 1.165) is 16.6 Å². The average molecular weight is 257 g/mol. The van der Waals surface area contributed by atoms with E-state index in [0.29, 0.717) is 10.6 Å². The monoisotopic (exact) mass is 256 g/mol. The Morgan fingerprint density at radius 3 is 2.62 bits per heavy atom. The van der Waals surface area contributed by atoms with Crippen molar-refractivity contribution in [3.8, 4) is 0 Å². The Morgan fingerprint density at radius 2 is 2.12 bits per heavy atom. The molecule has 0 N–H and O–H groups in total. The molecule has 0 heterocycles.